The molecule has 0 saturated heterocycles. The number of carbonyl (C=O) groups excluding carboxylic acids is 2. The monoisotopic (exact) mass is 369 g/mol. The molecule has 0 saturated carbocycles. The molecule has 0 aromatic carbocycles. The summed E-state index contributed by atoms with van der Waals surface area (Å²) in [5.74, 6) is -1.79. The molecule has 0 fully saturated rings. The van der Waals surface area contributed by atoms with Gasteiger partial charge in [-0.15, -0.1) is 11.3 Å². The van der Waals surface area contributed by atoms with Crippen LogP contribution in [0.3, 0.4) is 0 Å². The lowest BCUT2D eigenvalue weighted by molar-refractivity contribution is 0.0555. The molecule has 0 aliphatic carbocycles. The molecule has 24 heavy (non-hydrogen) atoms. The number of aromatic nitrogens is 1. The van der Waals surface area contributed by atoms with Gasteiger partial charge in [-0.25, -0.2) is 18.0 Å². The van der Waals surface area contributed by atoms with Crippen molar-refractivity contribution in [2.75, 3.05) is 14.2 Å². The number of carbonyl (C=O) groups is 2. The Balaban J connectivity index is 2.34. The highest BCUT2D eigenvalue weighted by Gasteiger charge is 2.45. The lowest BCUT2D eigenvalue weighted by atomic mass is 10.1. The van der Waals surface area contributed by atoms with E-state index in [9.17, 15) is 18.0 Å². The Morgan fingerprint density at radius 3 is 2.38 bits per heavy atom. The van der Waals surface area contributed by atoms with Gasteiger partial charge in [-0.2, -0.15) is 0 Å². The van der Waals surface area contributed by atoms with Crippen molar-refractivity contribution in [3.05, 3.63) is 44.9 Å². The van der Waals surface area contributed by atoms with E-state index >= 15 is 0 Å². The first-order chi connectivity index (χ1) is 11.3. The zero-order valence-corrected chi connectivity index (χ0v) is 14.9. The minimum absolute atomic E-state index is 0.0375. The van der Waals surface area contributed by atoms with Gasteiger partial charge in [-0.05, 0) is 18.4 Å². The maximum absolute atomic E-state index is 12.7. The third kappa shape index (κ3) is 2.27. The van der Waals surface area contributed by atoms with Crippen LogP contribution in [0.15, 0.2) is 17.5 Å². The van der Waals surface area contributed by atoms with Crippen LogP contribution in [0.1, 0.15) is 42.4 Å². The fourth-order valence-electron chi connectivity index (χ4n) is 3.07. The molecule has 2 aromatic rings. The Morgan fingerprint density at radius 2 is 1.83 bits per heavy atom. The molecule has 1 unspecified atom stereocenters. The number of rotatable bonds is 3. The molecular weight excluding hydrogens is 354 g/mol. The lowest BCUT2D eigenvalue weighted by Crippen LogP contribution is -2.16. The van der Waals surface area contributed by atoms with Gasteiger partial charge in [0.1, 0.15) is 0 Å². The Morgan fingerprint density at radius 1 is 1.21 bits per heavy atom. The molecule has 128 valence electrons. The molecular formula is C15H15NO6S2. The van der Waals surface area contributed by atoms with E-state index in [1.54, 1.807) is 24.4 Å². The van der Waals surface area contributed by atoms with Crippen LogP contribution in [0.4, 0.5) is 0 Å². The number of hydrogen-bond acceptors (Lipinski definition) is 7. The highest BCUT2D eigenvalue weighted by molar-refractivity contribution is 7.91. The number of ether oxygens (including phenoxy) is 2. The van der Waals surface area contributed by atoms with Gasteiger partial charge >= 0.3 is 11.9 Å². The fourth-order valence-corrected chi connectivity index (χ4v) is 6.23. The summed E-state index contributed by atoms with van der Waals surface area (Å²) < 4.78 is 36.4. The summed E-state index contributed by atoms with van der Waals surface area (Å²) in [5, 5.41) is 0.832. The molecule has 1 aliphatic rings. The molecule has 1 aliphatic heterocycles. The van der Waals surface area contributed by atoms with E-state index < -0.39 is 27.1 Å². The van der Waals surface area contributed by atoms with E-state index in [4.69, 9.17) is 9.47 Å². The summed E-state index contributed by atoms with van der Waals surface area (Å²) in [6.07, 6.45) is 0. The van der Waals surface area contributed by atoms with Gasteiger partial charge < -0.3 is 14.0 Å². The molecule has 1 atom stereocenters. The van der Waals surface area contributed by atoms with Crippen molar-refractivity contribution in [3.63, 3.8) is 0 Å². The summed E-state index contributed by atoms with van der Waals surface area (Å²) in [6, 6.07) is 3.48. The first-order valence-electron chi connectivity index (χ1n) is 6.98. The fraction of sp³-hybridized carbons (Fsp3) is 0.333. The topological polar surface area (TPSA) is 91.7 Å². The van der Waals surface area contributed by atoms with Crippen LogP contribution in [-0.2, 0) is 25.1 Å². The van der Waals surface area contributed by atoms with E-state index in [0.29, 0.717) is 10.6 Å². The Hall–Kier alpha value is -2.13. The maximum atomic E-state index is 12.7. The van der Waals surface area contributed by atoms with Gasteiger partial charge in [0.05, 0.1) is 36.8 Å². The van der Waals surface area contributed by atoms with Crippen molar-refractivity contribution >= 4 is 33.1 Å². The van der Waals surface area contributed by atoms with Crippen LogP contribution in [0, 0.1) is 6.92 Å². The smallest absolute Gasteiger partial charge is 0.340 e. The van der Waals surface area contributed by atoms with Crippen LogP contribution in [0.5, 0.6) is 0 Å². The highest BCUT2D eigenvalue weighted by Crippen LogP contribution is 2.42. The van der Waals surface area contributed by atoms with E-state index in [1.165, 1.54) is 30.1 Å². The normalized spacial score (nSPS) is 18.2. The second kappa shape index (κ2) is 5.75. The Bertz CT molecular complexity index is 924. The van der Waals surface area contributed by atoms with Crippen LogP contribution in [-0.4, -0.2) is 39.1 Å². The third-order valence-corrected chi connectivity index (χ3v) is 6.93. The SMILES string of the molecule is COC(=O)c1c(C(=O)OC)c2n(c1C)C(c1cccs1)S(=O)(=O)C2. The van der Waals surface area contributed by atoms with E-state index in [-0.39, 0.29) is 22.6 Å². The first kappa shape index (κ1) is 16.7. The lowest BCUT2D eigenvalue weighted by Gasteiger charge is -2.14. The number of nitrogens with zero attached hydrogens (tertiary/aromatic N) is 1. The van der Waals surface area contributed by atoms with Gasteiger partial charge in [0.2, 0.25) is 0 Å². The van der Waals surface area contributed by atoms with Gasteiger partial charge in [0.25, 0.3) is 0 Å². The third-order valence-electron chi connectivity index (χ3n) is 4.03. The Labute approximate surface area is 142 Å². The number of methoxy groups -OCH3 is 2. The number of fused-ring (bicyclic) bond motifs is 1. The molecule has 0 radical (unpaired) electrons. The molecule has 2 aromatic heterocycles. The minimum Gasteiger partial charge on any atom is -0.465 e. The van der Waals surface area contributed by atoms with E-state index in [1.807, 2.05) is 0 Å². The molecule has 0 bridgehead atoms. The molecule has 3 rings (SSSR count). The van der Waals surface area contributed by atoms with Gasteiger partial charge in [-0.1, -0.05) is 6.07 Å². The standard InChI is InChI=1S/C15H15NO6S2/c1-8-11(14(17)21-2)12(15(18)22-3)9-7-24(19,20)13(16(8)9)10-5-4-6-23-10/h4-6,13H,7H2,1-3H3. The molecule has 3 heterocycles. The van der Waals surface area contributed by atoms with Crippen molar-refractivity contribution in [1.29, 1.82) is 0 Å². The van der Waals surface area contributed by atoms with Crippen LogP contribution in [0.2, 0.25) is 0 Å². The van der Waals surface area contributed by atoms with Crippen molar-refractivity contribution in [1.82, 2.24) is 4.57 Å². The molecule has 0 amide bonds. The highest BCUT2D eigenvalue weighted by atomic mass is 32.2. The van der Waals surface area contributed by atoms with Crippen LogP contribution in [0.25, 0.3) is 0 Å². The van der Waals surface area contributed by atoms with Crippen molar-refractivity contribution in [2.24, 2.45) is 0 Å². The summed E-state index contributed by atoms with van der Waals surface area (Å²) in [4.78, 5) is 25.0. The van der Waals surface area contributed by atoms with Gasteiger partial charge in [-0.3, -0.25) is 0 Å². The van der Waals surface area contributed by atoms with Crippen molar-refractivity contribution in [2.45, 2.75) is 18.1 Å². The molecule has 7 nitrogen and oxygen atoms in total. The predicted octanol–water partition coefficient (Wildman–Crippen LogP) is 1.91. The summed E-state index contributed by atoms with van der Waals surface area (Å²) in [7, 11) is -1.16. The average molecular weight is 369 g/mol. The summed E-state index contributed by atoms with van der Waals surface area (Å²) >= 11 is 1.31. The number of sulfone groups is 1. The zero-order chi connectivity index (χ0) is 17.6. The largest absolute Gasteiger partial charge is 0.465 e. The second-order valence-electron chi connectivity index (χ2n) is 5.31. The Kier molecular flexibility index (Phi) is 4.00. The van der Waals surface area contributed by atoms with Crippen molar-refractivity contribution < 1.29 is 27.5 Å². The van der Waals surface area contributed by atoms with Gasteiger partial charge in [0.15, 0.2) is 15.2 Å². The maximum Gasteiger partial charge on any atom is 0.340 e. The molecule has 9 heteroatoms. The van der Waals surface area contributed by atoms with Crippen LogP contribution >= 0.6 is 11.3 Å². The second-order valence-corrected chi connectivity index (χ2v) is 8.35. The van der Waals surface area contributed by atoms with Crippen LogP contribution < -0.4 is 0 Å². The predicted molar refractivity (Wildman–Crippen MR) is 86.9 cm³/mol. The molecule has 0 N–H and O–H groups in total. The van der Waals surface area contributed by atoms with Gasteiger partial charge in [0, 0.05) is 10.6 Å². The summed E-state index contributed by atoms with van der Waals surface area (Å²) in [5.41, 5.74) is 0.648. The molecule has 0 spiro atoms. The number of hydrogen-bond donors (Lipinski definition) is 0. The average Bonchev–Trinajstić information content (AvgIpc) is 3.21. The number of esters is 2. The summed E-state index contributed by atoms with van der Waals surface area (Å²) in [6.45, 7) is 1.60. The zero-order valence-electron chi connectivity index (χ0n) is 13.2. The van der Waals surface area contributed by atoms with E-state index in [0.717, 1.165) is 0 Å². The quantitative estimate of drug-likeness (QED) is 0.768. The van der Waals surface area contributed by atoms with Crippen molar-refractivity contribution in [3.8, 4) is 0 Å². The minimum atomic E-state index is -3.55. The number of thiophene rings is 1. The van der Waals surface area contributed by atoms with E-state index in [2.05, 4.69) is 0 Å². The first-order valence-corrected chi connectivity index (χ1v) is 9.58.